The van der Waals surface area contributed by atoms with Crippen LogP contribution in [0.25, 0.3) is 0 Å². The van der Waals surface area contributed by atoms with Gasteiger partial charge in [-0.1, -0.05) is 62.4 Å². The molecule has 1 aromatic rings. The molecule has 0 heterocycles. The second kappa shape index (κ2) is 13.1. The van der Waals surface area contributed by atoms with E-state index in [0.29, 0.717) is 0 Å². The molecule has 0 bridgehead atoms. The minimum Gasteiger partial charge on any atom is -1.00 e. The molecule has 0 saturated heterocycles. The van der Waals surface area contributed by atoms with Crippen molar-refractivity contribution in [1.82, 2.24) is 0 Å². The molecule has 0 aromatic heterocycles. The van der Waals surface area contributed by atoms with Crippen LogP contribution >= 0.6 is 0 Å². The summed E-state index contributed by atoms with van der Waals surface area (Å²) in [6, 6.07) is 10.8. The lowest BCUT2D eigenvalue weighted by atomic mass is 10.0. The maximum Gasteiger partial charge on any atom is 0.0739 e. The standard InChI is InChI=1S/C16H27N.BrH/c17-15-11-6-4-2-1-3-5-8-12-16-13-9-7-10-14-16;/h7,9-10,13-14H,1-6,8,11-12,15,17H2;1H. The Morgan fingerprint density at radius 3 is 1.72 bits per heavy atom. The summed E-state index contributed by atoms with van der Waals surface area (Å²) in [6.45, 7) is 1.11. The molecule has 1 rings (SSSR count). The number of hydrogen-bond acceptors (Lipinski definition) is 0. The number of unbranched alkanes of at least 4 members (excludes halogenated alkanes) is 7. The van der Waals surface area contributed by atoms with Crippen LogP contribution in [0.5, 0.6) is 0 Å². The highest BCUT2D eigenvalue weighted by Gasteiger charge is 1.94. The second-order valence-corrected chi connectivity index (χ2v) is 4.92. The van der Waals surface area contributed by atoms with E-state index in [1.165, 1.54) is 63.4 Å². The summed E-state index contributed by atoms with van der Waals surface area (Å²) < 4.78 is 0. The quantitative estimate of drug-likeness (QED) is 0.613. The van der Waals surface area contributed by atoms with Gasteiger partial charge in [-0.3, -0.25) is 0 Å². The summed E-state index contributed by atoms with van der Waals surface area (Å²) in [6.07, 6.45) is 12.4. The van der Waals surface area contributed by atoms with Gasteiger partial charge < -0.3 is 22.7 Å². The molecule has 0 spiro atoms. The van der Waals surface area contributed by atoms with Crippen LogP contribution in [-0.4, -0.2) is 6.54 Å². The van der Waals surface area contributed by atoms with Crippen LogP contribution < -0.4 is 22.7 Å². The van der Waals surface area contributed by atoms with Crippen LogP contribution in [0.2, 0.25) is 0 Å². The summed E-state index contributed by atoms with van der Waals surface area (Å²) in [5.41, 5.74) is 5.36. The predicted molar refractivity (Wildman–Crippen MR) is 74.8 cm³/mol. The van der Waals surface area contributed by atoms with Crippen molar-refractivity contribution in [3.63, 3.8) is 0 Å². The van der Waals surface area contributed by atoms with E-state index in [1.54, 1.807) is 0 Å². The monoisotopic (exact) mass is 313 g/mol. The van der Waals surface area contributed by atoms with E-state index in [4.69, 9.17) is 0 Å². The first kappa shape index (κ1) is 17.7. The SMILES string of the molecule is [Br-].[NH3+]CCCCCCCCCCc1ccccc1. The van der Waals surface area contributed by atoms with Crippen LogP contribution in [0.3, 0.4) is 0 Å². The van der Waals surface area contributed by atoms with Gasteiger partial charge in [0.05, 0.1) is 6.54 Å². The van der Waals surface area contributed by atoms with E-state index in [1.807, 2.05) is 0 Å². The Morgan fingerprint density at radius 2 is 1.17 bits per heavy atom. The molecule has 3 N–H and O–H groups in total. The number of hydrogen-bond donors (Lipinski definition) is 1. The number of rotatable bonds is 10. The van der Waals surface area contributed by atoms with Crippen LogP contribution in [0.1, 0.15) is 56.9 Å². The maximum absolute atomic E-state index is 3.87. The zero-order valence-corrected chi connectivity index (χ0v) is 13.1. The molecule has 0 aliphatic carbocycles. The van der Waals surface area contributed by atoms with Gasteiger partial charge in [-0.15, -0.1) is 0 Å². The summed E-state index contributed by atoms with van der Waals surface area (Å²) in [7, 11) is 0. The van der Waals surface area contributed by atoms with Gasteiger partial charge in [0.15, 0.2) is 0 Å². The summed E-state index contributed by atoms with van der Waals surface area (Å²) in [4.78, 5) is 0. The molecule has 1 nitrogen and oxygen atoms in total. The summed E-state index contributed by atoms with van der Waals surface area (Å²) in [5, 5.41) is 0. The van der Waals surface area contributed by atoms with Gasteiger partial charge in [0, 0.05) is 0 Å². The van der Waals surface area contributed by atoms with Crippen LogP contribution in [0, 0.1) is 0 Å². The van der Waals surface area contributed by atoms with Crippen molar-refractivity contribution in [3.05, 3.63) is 35.9 Å². The fraction of sp³-hybridized carbons (Fsp3) is 0.625. The Bertz CT molecular complexity index is 261. The number of aryl methyl sites for hydroxylation is 1. The predicted octanol–water partition coefficient (Wildman–Crippen LogP) is 0.596. The zero-order chi connectivity index (χ0) is 12.2. The van der Waals surface area contributed by atoms with Crippen molar-refractivity contribution in [3.8, 4) is 0 Å². The fourth-order valence-electron chi connectivity index (χ4n) is 2.21. The largest absolute Gasteiger partial charge is 1.00 e. The lowest BCUT2D eigenvalue weighted by Gasteiger charge is -2.02. The number of benzene rings is 1. The highest BCUT2D eigenvalue weighted by atomic mass is 79.9. The molecule has 1 aromatic carbocycles. The molecule has 0 aliphatic rings. The molecule has 0 fully saturated rings. The molecule has 0 aliphatic heterocycles. The minimum absolute atomic E-state index is 0. The summed E-state index contributed by atoms with van der Waals surface area (Å²) in [5.74, 6) is 0. The van der Waals surface area contributed by atoms with Crippen molar-refractivity contribution >= 4 is 0 Å². The first-order valence-electron chi connectivity index (χ1n) is 7.26. The highest BCUT2D eigenvalue weighted by molar-refractivity contribution is 5.14. The third-order valence-corrected chi connectivity index (χ3v) is 3.31. The van der Waals surface area contributed by atoms with Gasteiger partial charge in [0.1, 0.15) is 0 Å². The first-order chi connectivity index (χ1) is 8.43. The molecule has 104 valence electrons. The maximum atomic E-state index is 3.87. The molecule has 0 unspecified atom stereocenters. The Labute approximate surface area is 123 Å². The van der Waals surface area contributed by atoms with Gasteiger partial charge in [0.2, 0.25) is 0 Å². The lowest BCUT2D eigenvalue weighted by molar-refractivity contribution is -0.368. The Kier molecular flexibility index (Phi) is 12.9. The molecule has 18 heavy (non-hydrogen) atoms. The lowest BCUT2D eigenvalue weighted by Crippen LogP contribution is -3.00. The van der Waals surface area contributed by atoms with E-state index in [2.05, 4.69) is 36.1 Å². The van der Waals surface area contributed by atoms with E-state index < -0.39 is 0 Å². The van der Waals surface area contributed by atoms with E-state index >= 15 is 0 Å². The molecular formula is C16H28BrN. The third kappa shape index (κ3) is 9.67. The average Bonchev–Trinajstić information content (AvgIpc) is 2.38. The average molecular weight is 314 g/mol. The Balaban J connectivity index is 0.00000289. The van der Waals surface area contributed by atoms with E-state index in [0.717, 1.165) is 6.54 Å². The second-order valence-electron chi connectivity index (χ2n) is 4.92. The molecular weight excluding hydrogens is 286 g/mol. The first-order valence-corrected chi connectivity index (χ1v) is 7.26. The highest BCUT2D eigenvalue weighted by Crippen LogP contribution is 2.10. The fourth-order valence-corrected chi connectivity index (χ4v) is 2.21. The van der Waals surface area contributed by atoms with Gasteiger partial charge >= 0.3 is 0 Å². The third-order valence-electron chi connectivity index (χ3n) is 3.31. The zero-order valence-electron chi connectivity index (χ0n) is 11.5. The van der Waals surface area contributed by atoms with Crippen molar-refractivity contribution in [2.24, 2.45) is 0 Å². The van der Waals surface area contributed by atoms with Crippen LogP contribution in [0.4, 0.5) is 0 Å². The normalized spacial score (nSPS) is 10.1. The molecule has 0 radical (unpaired) electrons. The van der Waals surface area contributed by atoms with Gasteiger partial charge in [0.25, 0.3) is 0 Å². The van der Waals surface area contributed by atoms with Gasteiger partial charge in [-0.2, -0.15) is 0 Å². The van der Waals surface area contributed by atoms with Crippen molar-refractivity contribution in [2.75, 3.05) is 6.54 Å². The Morgan fingerprint density at radius 1 is 0.667 bits per heavy atom. The molecule has 0 amide bonds. The number of halogens is 1. The van der Waals surface area contributed by atoms with Crippen LogP contribution in [0.15, 0.2) is 30.3 Å². The smallest absolute Gasteiger partial charge is 0.0739 e. The van der Waals surface area contributed by atoms with E-state index in [9.17, 15) is 0 Å². The van der Waals surface area contributed by atoms with Crippen molar-refractivity contribution < 1.29 is 22.7 Å². The number of quaternary nitrogens is 1. The van der Waals surface area contributed by atoms with Gasteiger partial charge in [-0.05, 0) is 31.2 Å². The van der Waals surface area contributed by atoms with Gasteiger partial charge in [-0.25, -0.2) is 0 Å². The molecule has 0 atom stereocenters. The summed E-state index contributed by atoms with van der Waals surface area (Å²) >= 11 is 0. The van der Waals surface area contributed by atoms with E-state index in [-0.39, 0.29) is 17.0 Å². The van der Waals surface area contributed by atoms with Crippen molar-refractivity contribution in [2.45, 2.75) is 57.8 Å². The molecule has 2 heteroatoms. The minimum atomic E-state index is 0. The Hall–Kier alpha value is -0.340. The van der Waals surface area contributed by atoms with Crippen molar-refractivity contribution in [1.29, 1.82) is 0 Å². The topological polar surface area (TPSA) is 27.6 Å². The van der Waals surface area contributed by atoms with Crippen LogP contribution in [-0.2, 0) is 6.42 Å². The molecule has 0 saturated carbocycles.